The molecule has 2 aliphatic carbocycles. The third-order valence-electron chi connectivity index (χ3n) is 5.85. The highest BCUT2D eigenvalue weighted by atomic mass is 35.5. The average molecular weight is 371 g/mol. The minimum atomic E-state index is -1.60. The van der Waals surface area contributed by atoms with E-state index in [1.54, 1.807) is 17.0 Å². The summed E-state index contributed by atoms with van der Waals surface area (Å²) in [4.78, 5) is 14.5. The van der Waals surface area contributed by atoms with E-state index in [1.165, 1.54) is 0 Å². The Morgan fingerprint density at radius 3 is 2.57 bits per heavy atom. The minimum Gasteiger partial charge on any atom is -0.348 e. The molecule has 5 atom stereocenters. The van der Waals surface area contributed by atoms with E-state index in [-0.39, 0.29) is 11.9 Å². The van der Waals surface area contributed by atoms with E-state index in [4.69, 9.17) is 39.5 Å². The van der Waals surface area contributed by atoms with Crippen molar-refractivity contribution < 1.29 is 9.53 Å². The number of halogens is 3. The third kappa shape index (κ3) is 1.55. The second-order valence-electron chi connectivity index (χ2n) is 6.81. The average Bonchev–Trinajstić information content (AvgIpc) is 3.15. The Hall–Kier alpha value is -0.740. The van der Waals surface area contributed by atoms with Crippen LogP contribution in [0.25, 0.3) is 0 Å². The maximum absolute atomic E-state index is 12.7. The fourth-order valence-corrected chi connectivity index (χ4v) is 5.66. The summed E-state index contributed by atoms with van der Waals surface area (Å²) in [6.45, 7) is 0.559. The second kappa shape index (κ2) is 4.45. The molecule has 6 heteroatoms. The number of amides is 1. The van der Waals surface area contributed by atoms with Crippen LogP contribution in [0.5, 0.6) is 0 Å². The standard InChI is InChI=1S/C17H14Cl3NO2/c18-12-5-3-11(4-6-12)17-16(19,20)15(22)21(17)14-10-2-1-9(7-10)13(14)8-23-17/h1-6,9-10,13-14H,7-8H2/t9-,10+,13-,14+,17-/m0/s1. The van der Waals surface area contributed by atoms with Crippen LogP contribution >= 0.6 is 34.8 Å². The Morgan fingerprint density at radius 2 is 1.83 bits per heavy atom. The van der Waals surface area contributed by atoms with Crippen LogP contribution in [0.3, 0.4) is 0 Å². The number of nitrogens with zero attached hydrogens (tertiary/aromatic N) is 1. The lowest BCUT2D eigenvalue weighted by Gasteiger charge is -2.65. The molecular formula is C17H14Cl3NO2. The van der Waals surface area contributed by atoms with E-state index in [2.05, 4.69) is 12.2 Å². The van der Waals surface area contributed by atoms with E-state index in [0.29, 0.717) is 29.4 Å². The molecule has 2 heterocycles. The van der Waals surface area contributed by atoms with Gasteiger partial charge in [-0.25, -0.2) is 0 Å². The lowest BCUT2D eigenvalue weighted by Crippen LogP contribution is -2.82. The first-order valence-electron chi connectivity index (χ1n) is 7.77. The topological polar surface area (TPSA) is 29.5 Å². The monoisotopic (exact) mass is 369 g/mol. The summed E-state index contributed by atoms with van der Waals surface area (Å²) in [5.41, 5.74) is -0.339. The fourth-order valence-electron chi connectivity index (χ4n) is 4.84. The molecule has 4 aliphatic rings. The van der Waals surface area contributed by atoms with Gasteiger partial charge >= 0.3 is 0 Å². The van der Waals surface area contributed by atoms with Crippen molar-refractivity contribution in [3.05, 3.63) is 47.0 Å². The van der Waals surface area contributed by atoms with Gasteiger partial charge in [0.2, 0.25) is 10.1 Å². The predicted octanol–water partition coefficient (Wildman–Crippen LogP) is 3.73. The molecule has 1 amide bonds. The molecule has 3 nitrogen and oxygen atoms in total. The van der Waals surface area contributed by atoms with Gasteiger partial charge < -0.3 is 9.64 Å². The summed E-state index contributed by atoms with van der Waals surface area (Å²) < 4.78 is 4.61. The molecule has 23 heavy (non-hydrogen) atoms. The predicted molar refractivity (Wildman–Crippen MR) is 88.4 cm³/mol. The van der Waals surface area contributed by atoms with Gasteiger partial charge in [0.1, 0.15) is 0 Å². The van der Waals surface area contributed by atoms with E-state index >= 15 is 0 Å². The van der Waals surface area contributed by atoms with Crippen LogP contribution in [0.15, 0.2) is 36.4 Å². The highest BCUT2D eigenvalue weighted by molar-refractivity contribution is 6.61. The van der Waals surface area contributed by atoms with Crippen molar-refractivity contribution in [3.8, 4) is 0 Å². The van der Waals surface area contributed by atoms with Crippen molar-refractivity contribution in [1.82, 2.24) is 4.90 Å². The number of allylic oxidation sites excluding steroid dienone is 1. The number of carbonyl (C=O) groups excluding carboxylic acids is 1. The van der Waals surface area contributed by atoms with Crippen molar-refractivity contribution in [2.24, 2.45) is 17.8 Å². The van der Waals surface area contributed by atoms with Gasteiger partial charge in [-0.15, -0.1) is 0 Å². The first kappa shape index (κ1) is 14.6. The van der Waals surface area contributed by atoms with Crippen molar-refractivity contribution in [2.75, 3.05) is 6.61 Å². The smallest absolute Gasteiger partial charge is 0.267 e. The maximum Gasteiger partial charge on any atom is 0.267 e. The van der Waals surface area contributed by atoms with Crippen LogP contribution in [0, 0.1) is 17.8 Å². The van der Waals surface area contributed by atoms with Gasteiger partial charge in [-0.2, -0.15) is 0 Å². The zero-order valence-electron chi connectivity index (χ0n) is 12.1. The quantitative estimate of drug-likeness (QED) is 0.428. The summed E-state index contributed by atoms with van der Waals surface area (Å²) in [6.07, 6.45) is 5.56. The van der Waals surface area contributed by atoms with E-state index < -0.39 is 10.1 Å². The molecule has 0 spiro atoms. The molecule has 1 saturated carbocycles. The molecule has 2 aliphatic heterocycles. The van der Waals surface area contributed by atoms with Crippen LogP contribution in [0.4, 0.5) is 0 Å². The summed E-state index contributed by atoms with van der Waals surface area (Å²) in [5.74, 6) is 0.931. The highest BCUT2D eigenvalue weighted by Crippen LogP contribution is 2.64. The highest BCUT2D eigenvalue weighted by Gasteiger charge is 2.78. The molecule has 0 aromatic heterocycles. The molecule has 3 fully saturated rings. The van der Waals surface area contributed by atoms with Crippen LogP contribution in [0.1, 0.15) is 12.0 Å². The first-order chi connectivity index (χ1) is 11.0. The molecule has 0 N–H and O–H groups in total. The van der Waals surface area contributed by atoms with Crippen molar-refractivity contribution in [2.45, 2.75) is 22.5 Å². The maximum atomic E-state index is 12.7. The molecule has 5 rings (SSSR count). The van der Waals surface area contributed by atoms with E-state index in [9.17, 15) is 4.79 Å². The van der Waals surface area contributed by atoms with Crippen molar-refractivity contribution >= 4 is 40.7 Å². The number of carbonyl (C=O) groups is 1. The number of ether oxygens (including phenoxy) is 1. The molecule has 1 aromatic rings. The fraction of sp³-hybridized carbons (Fsp3) is 0.471. The number of rotatable bonds is 1. The summed E-state index contributed by atoms with van der Waals surface area (Å²) in [7, 11) is 0. The Morgan fingerprint density at radius 1 is 1.13 bits per heavy atom. The van der Waals surface area contributed by atoms with Crippen LogP contribution < -0.4 is 0 Å². The second-order valence-corrected chi connectivity index (χ2v) is 8.58. The third-order valence-corrected chi connectivity index (χ3v) is 6.94. The van der Waals surface area contributed by atoms with Gasteiger partial charge in [0.15, 0.2) is 0 Å². The number of benzene rings is 1. The van der Waals surface area contributed by atoms with Crippen LogP contribution in [-0.2, 0) is 15.3 Å². The van der Waals surface area contributed by atoms with Gasteiger partial charge in [0, 0.05) is 22.5 Å². The summed E-state index contributed by atoms with van der Waals surface area (Å²) in [6, 6.07) is 7.33. The van der Waals surface area contributed by atoms with Crippen LogP contribution in [-0.4, -0.2) is 27.8 Å². The van der Waals surface area contributed by atoms with Crippen molar-refractivity contribution in [1.29, 1.82) is 0 Å². The molecule has 120 valence electrons. The normalized spacial score (nSPS) is 42.4. The zero-order valence-corrected chi connectivity index (χ0v) is 14.4. The van der Waals surface area contributed by atoms with E-state index in [1.807, 2.05) is 12.1 Å². The summed E-state index contributed by atoms with van der Waals surface area (Å²) in [5, 5.41) is 0.619. The Bertz CT molecular complexity index is 732. The van der Waals surface area contributed by atoms with E-state index in [0.717, 1.165) is 12.0 Å². The Balaban J connectivity index is 1.65. The van der Waals surface area contributed by atoms with Gasteiger partial charge in [-0.1, -0.05) is 59.1 Å². The van der Waals surface area contributed by atoms with Gasteiger partial charge in [0.05, 0.1) is 6.61 Å². The first-order valence-corrected chi connectivity index (χ1v) is 8.90. The number of β-lactam (4-membered cyclic amide) rings is 1. The Kier molecular flexibility index (Phi) is 2.83. The molecule has 1 aromatic carbocycles. The van der Waals surface area contributed by atoms with Gasteiger partial charge in [0.25, 0.3) is 5.91 Å². The van der Waals surface area contributed by atoms with Gasteiger partial charge in [-0.3, -0.25) is 4.79 Å². The molecule has 0 unspecified atom stereocenters. The minimum absolute atomic E-state index is 0.118. The Labute approximate surface area is 149 Å². The molecule has 0 radical (unpaired) electrons. The summed E-state index contributed by atoms with van der Waals surface area (Å²) >= 11 is 18.9. The number of fused-ring (bicyclic) bond motifs is 7. The number of hydrogen-bond donors (Lipinski definition) is 0. The van der Waals surface area contributed by atoms with Crippen molar-refractivity contribution in [3.63, 3.8) is 0 Å². The van der Waals surface area contributed by atoms with Gasteiger partial charge in [-0.05, 0) is 30.4 Å². The molecular weight excluding hydrogens is 357 g/mol. The lowest BCUT2D eigenvalue weighted by atomic mass is 9.77. The number of hydrogen-bond acceptors (Lipinski definition) is 2. The molecule has 2 saturated heterocycles. The lowest BCUT2D eigenvalue weighted by molar-refractivity contribution is -0.277. The number of alkyl halides is 2. The SMILES string of the molecule is O=C1N2[C@H]3[C@@H](CO[C@@]2(c2ccc(Cl)cc2)C1(Cl)Cl)[C@H]1C=C[C@@H]3C1. The molecule has 2 bridgehead atoms. The largest absolute Gasteiger partial charge is 0.348 e. The zero-order chi connectivity index (χ0) is 16.0. The van der Waals surface area contributed by atoms with Crippen LogP contribution in [0.2, 0.25) is 5.02 Å².